The number of nitrogens with zero attached hydrogens (tertiary/aromatic N) is 7. The Morgan fingerprint density at radius 3 is 2.22 bits per heavy atom. The molecule has 3 aromatic rings. The number of piperazine rings is 1. The molecule has 0 saturated carbocycles. The molecule has 4 saturated heterocycles. The van der Waals surface area contributed by atoms with E-state index in [1.54, 1.807) is 27.8 Å². The first-order valence-electron chi connectivity index (χ1n) is 23.6. The third kappa shape index (κ3) is 13.0. The zero-order valence-electron chi connectivity index (χ0n) is 39.0. The van der Waals surface area contributed by atoms with Crippen LogP contribution < -0.4 is 11.1 Å². The van der Waals surface area contributed by atoms with Crippen LogP contribution in [0.25, 0.3) is 11.1 Å². The number of amides is 6. The number of oxazole rings is 1. The number of esters is 1. The molecule has 18 nitrogen and oxygen atoms in total. The van der Waals surface area contributed by atoms with Crippen molar-refractivity contribution in [1.82, 2.24) is 34.0 Å². The van der Waals surface area contributed by atoms with Crippen molar-refractivity contribution in [3.8, 4) is 0 Å². The van der Waals surface area contributed by atoms with E-state index >= 15 is 0 Å². The Kier molecular flexibility index (Phi) is 17.5. The van der Waals surface area contributed by atoms with Gasteiger partial charge in [-0.2, -0.15) is 0 Å². The Labute approximate surface area is 393 Å². The molecule has 0 bridgehead atoms. The molecule has 6 heterocycles. The summed E-state index contributed by atoms with van der Waals surface area (Å²) < 4.78 is 18.0. The molecule has 0 spiro atoms. The van der Waals surface area contributed by atoms with Gasteiger partial charge in [-0.25, -0.2) is 14.4 Å². The second kappa shape index (κ2) is 23.2. The molecule has 0 unspecified atom stereocenters. The maximum absolute atomic E-state index is 13.7. The molecule has 4 fully saturated rings. The van der Waals surface area contributed by atoms with Gasteiger partial charge in [0.05, 0.1) is 18.5 Å². The van der Waals surface area contributed by atoms with Crippen molar-refractivity contribution < 1.29 is 42.7 Å². The monoisotopic (exact) mass is 931 g/mol. The van der Waals surface area contributed by atoms with Crippen LogP contribution >= 0.6 is 0 Å². The number of likely N-dealkylation sites (N-methyl/N-ethyl adjacent to an activating group) is 1. The first kappa shape index (κ1) is 50.5. The number of benzene rings is 2. The predicted octanol–water partition coefficient (Wildman–Crippen LogP) is 4.64. The van der Waals surface area contributed by atoms with E-state index in [0.717, 1.165) is 80.8 Å². The first-order chi connectivity index (χ1) is 31.7. The standard InChI is InChI=1S/C32H40N6O6.C16H26N2O4.CH4/c1-21-18-22(19-26-28(21)35(3)31(41)43-26)20-27(29(39)36-16-14-34(2)15-17-36)44-32(42)37-11-9-24(10-12-37)38-13-8-23-6-4-5-7-25(23)33-30(38)40;1-13-6-9-18(10-7-13)15(20)4-5-16(21)22-12-11-17-8-2-3-14(17)19;/h4-7,18-19,24,27H,8-17,20H2,1-3H3,(H,33,40);13H,2-12H2,1H3;1H4/t27-;;/m1../s1. The number of para-hydroxylation sites is 1. The van der Waals surface area contributed by atoms with E-state index < -0.39 is 18.0 Å². The lowest BCUT2D eigenvalue weighted by atomic mass is 9.99. The third-order valence-corrected chi connectivity index (χ3v) is 13.7. The highest BCUT2D eigenvalue weighted by Crippen LogP contribution is 2.26. The zero-order valence-corrected chi connectivity index (χ0v) is 39.0. The Morgan fingerprint density at radius 1 is 0.821 bits per heavy atom. The molecule has 1 aromatic heterocycles. The average molecular weight is 931 g/mol. The van der Waals surface area contributed by atoms with Gasteiger partial charge in [-0.1, -0.05) is 38.6 Å². The number of aromatic nitrogens is 1. The van der Waals surface area contributed by atoms with Crippen LogP contribution in [-0.2, 0) is 48.5 Å². The minimum atomic E-state index is -1.02. The number of urea groups is 1. The van der Waals surface area contributed by atoms with E-state index in [1.165, 1.54) is 4.57 Å². The number of likely N-dealkylation sites (tertiary alicyclic amines) is 3. The van der Waals surface area contributed by atoms with E-state index in [9.17, 15) is 33.6 Å². The number of carbonyl (C=O) groups excluding carboxylic acids is 6. The highest BCUT2D eigenvalue weighted by molar-refractivity contribution is 5.91. The lowest BCUT2D eigenvalue weighted by Gasteiger charge is -2.38. The molecule has 5 aliphatic heterocycles. The minimum absolute atomic E-state index is 0. The van der Waals surface area contributed by atoms with Gasteiger partial charge in [0.15, 0.2) is 11.7 Å². The SMILES string of the molecule is C.CC1CCN(C(=O)CCC(=O)OCCN2CCCC2=O)CC1.Cc1cc(C[C@@H](OC(=O)N2CCC(N3CCc4ccccc4NC3=O)CC2)C(=O)N2CCN(C)CC2)cc2oc(=O)n(C)c12. The Morgan fingerprint density at radius 2 is 1.52 bits per heavy atom. The van der Waals surface area contributed by atoms with E-state index in [1.807, 2.05) is 54.1 Å². The highest BCUT2D eigenvalue weighted by Gasteiger charge is 2.35. The molecule has 8 rings (SSSR count). The fraction of sp³-hybridized carbons (Fsp3) is 0.612. The van der Waals surface area contributed by atoms with Crippen LogP contribution in [0, 0.1) is 12.8 Å². The van der Waals surface area contributed by atoms with Gasteiger partial charge in [0.25, 0.3) is 5.91 Å². The van der Waals surface area contributed by atoms with Gasteiger partial charge < -0.3 is 48.6 Å². The Balaban J connectivity index is 0.000000272. The van der Waals surface area contributed by atoms with Gasteiger partial charge in [-0.3, -0.25) is 23.7 Å². The number of anilines is 1. The molecule has 5 aliphatic rings. The normalized spacial score (nSPS) is 18.9. The number of nitrogens with one attached hydrogen (secondary N) is 1. The van der Waals surface area contributed by atoms with Crippen molar-refractivity contribution in [2.75, 3.05) is 91.0 Å². The minimum Gasteiger partial charge on any atom is -0.464 e. The number of fused-ring (bicyclic) bond motifs is 2. The van der Waals surface area contributed by atoms with Gasteiger partial charge in [-0.15, -0.1) is 0 Å². The average Bonchev–Trinajstić information content (AvgIpc) is 3.79. The summed E-state index contributed by atoms with van der Waals surface area (Å²) >= 11 is 0. The molecular formula is C49H70N8O10. The molecule has 0 aliphatic carbocycles. The van der Waals surface area contributed by atoms with Crippen molar-refractivity contribution >= 4 is 52.6 Å². The van der Waals surface area contributed by atoms with Gasteiger partial charge in [0, 0.05) is 103 Å². The lowest BCUT2D eigenvalue weighted by Crippen LogP contribution is -2.53. The maximum Gasteiger partial charge on any atom is 0.419 e. The predicted molar refractivity (Wildman–Crippen MR) is 252 cm³/mol. The Bertz CT molecular complexity index is 2290. The summed E-state index contributed by atoms with van der Waals surface area (Å²) in [6.07, 6.45) is 4.53. The van der Waals surface area contributed by atoms with Crippen molar-refractivity contribution in [3.63, 3.8) is 0 Å². The van der Waals surface area contributed by atoms with Crippen molar-refractivity contribution in [2.24, 2.45) is 13.0 Å². The molecule has 67 heavy (non-hydrogen) atoms. The first-order valence-corrected chi connectivity index (χ1v) is 23.6. The molecule has 18 heteroatoms. The fourth-order valence-corrected chi connectivity index (χ4v) is 9.52. The number of carbonyl (C=O) groups is 6. The summed E-state index contributed by atoms with van der Waals surface area (Å²) in [5.41, 5.74) is 4.68. The second-order valence-electron chi connectivity index (χ2n) is 18.4. The summed E-state index contributed by atoms with van der Waals surface area (Å²) in [6, 6.07) is 11.4. The highest BCUT2D eigenvalue weighted by atomic mass is 16.6. The second-order valence-corrected chi connectivity index (χ2v) is 18.4. The van der Waals surface area contributed by atoms with Gasteiger partial charge >= 0.3 is 23.8 Å². The van der Waals surface area contributed by atoms with Gasteiger partial charge in [0.1, 0.15) is 6.61 Å². The summed E-state index contributed by atoms with van der Waals surface area (Å²) in [7, 11) is 3.67. The van der Waals surface area contributed by atoms with Crippen LogP contribution in [0.15, 0.2) is 45.6 Å². The number of ether oxygens (including phenoxy) is 2. The maximum atomic E-state index is 13.7. The molecular weight excluding hydrogens is 861 g/mol. The number of hydrogen-bond acceptors (Lipinski definition) is 11. The van der Waals surface area contributed by atoms with Crippen LogP contribution in [0.4, 0.5) is 15.3 Å². The molecule has 6 amide bonds. The molecule has 0 radical (unpaired) electrons. The number of piperidine rings is 2. The summed E-state index contributed by atoms with van der Waals surface area (Å²) in [5.74, 6) is -0.187. The summed E-state index contributed by atoms with van der Waals surface area (Å²) in [4.78, 5) is 98.4. The summed E-state index contributed by atoms with van der Waals surface area (Å²) in [5, 5.41) is 3.03. The van der Waals surface area contributed by atoms with Crippen molar-refractivity contribution in [1.29, 1.82) is 0 Å². The van der Waals surface area contributed by atoms with Crippen LogP contribution in [0.2, 0.25) is 0 Å². The summed E-state index contributed by atoms with van der Waals surface area (Å²) in [6.45, 7) is 11.2. The van der Waals surface area contributed by atoms with Crippen LogP contribution in [-0.4, -0.2) is 168 Å². The smallest absolute Gasteiger partial charge is 0.419 e. The largest absolute Gasteiger partial charge is 0.464 e. The number of rotatable bonds is 11. The quantitative estimate of drug-likeness (QED) is 0.264. The number of aryl methyl sites for hydroxylation is 2. The topological polar surface area (TPSA) is 187 Å². The van der Waals surface area contributed by atoms with Crippen LogP contribution in [0.5, 0.6) is 0 Å². The number of hydrogen-bond donors (Lipinski definition) is 1. The molecule has 1 atom stereocenters. The van der Waals surface area contributed by atoms with Gasteiger partial charge in [0.2, 0.25) is 11.8 Å². The van der Waals surface area contributed by atoms with E-state index in [4.69, 9.17) is 13.9 Å². The van der Waals surface area contributed by atoms with Crippen LogP contribution in [0.3, 0.4) is 0 Å². The van der Waals surface area contributed by atoms with Crippen molar-refractivity contribution in [2.45, 2.75) is 97.6 Å². The molecule has 2 aromatic carbocycles. The molecule has 1 N–H and O–H groups in total. The zero-order chi connectivity index (χ0) is 46.9. The van der Waals surface area contributed by atoms with E-state index in [-0.39, 0.29) is 69.1 Å². The Hall–Kier alpha value is -5.91. The van der Waals surface area contributed by atoms with Gasteiger partial charge in [-0.05, 0) is 87.2 Å². The third-order valence-electron chi connectivity index (χ3n) is 13.7. The lowest BCUT2D eigenvalue weighted by molar-refractivity contribution is -0.147. The van der Waals surface area contributed by atoms with Crippen LogP contribution in [0.1, 0.15) is 82.4 Å². The van der Waals surface area contributed by atoms with Crippen molar-refractivity contribution in [3.05, 3.63) is 63.6 Å². The van der Waals surface area contributed by atoms with E-state index in [2.05, 4.69) is 17.1 Å². The molecule has 366 valence electrons. The van der Waals surface area contributed by atoms with E-state index in [0.29, 0.717) is 75.5 Å². The fourth-order valence-electron chi connectivity index (χ4n) is 9.52.